The minimum Gasteiger partial charge on any atom is -0.344 e. The molecule has 0 aromatic rings. The Hall–Kier alpha value is 0.180. The molecule has 96 valence electrons. The van der Waals surface area contributed by atoms with Gasteiger partial charge in [0.2, 0.25) is 0 Å². The lowest BCUT2D eigenvalue weighted by atomic mass is 10.9. The fourth-order valence-electron chi connectivity index (χ4n) is 0.531. The highest BCUT2D eigenvalue weighted by atomic mass is 31.3. The van der Waals surface area contributed by atoms with Crippen LogP contribution in [0.3, 0.4) is 0 Å². The molecule has 0 aliphatic rings. The van der Waals surface area contributed by atoms with Crippen molar-refractivity contribution in [1.82, 2.24) is 12.3 Å². The van der Waals surface area contributed by atoms with E-state index in [2.05, 4.69) is 13.4 Å². The standard InChI is InChI=1S/C4H12O7P2.2H3N/c1-3-9-13(8,10-4-2)11-12(5,6)7;;/h3-4H2,1-2H3,(H2,5,6,7);2*1H3. The van der Waals surface area contributed by atoms with Gasteiger partial charge in [-0.05, 0) is 13.8 Å². The summed E-state index contributed by atoms with van der Waals surface area (Å²) in [5.74, 6) is 0. The normalized spacial score (nSPS) is 11.5. The van der Waals surface area contributed by atoms with Gasteiger partial charge in [0.15, 0.2) is 0 Å². The third-order valence-corrected chi connectivity index (χ3v) is 3.58. The number of hydrogen-bond donors (Lipinski definition) is 4. The third kappa shape index (κ3) is 10.5. The van der Waals surface area contributed by atoms with E-state index in [1.165, 1.54) is 13.8 Å². The van der Waals surface area contributed by atoms with E-state index in [1.807, 2.05) is 0 Å². The predicted octanol–water partition coefficient (Wildman–Crippen LogP) is 1.60. The van der Waals surface area contributed by atoms with Gasteiger partial charge in [-0.3, -0.25) is 9.05 Å². The Morgan fingerprint density at radius 3 is 1.53 bits per heavy atom. The van der Waals surface area contributed by atoms with Gasteiger partial charge < -0.3 is 22.1 Å². The average molecular weight is 268 g/mol. The molecular weight excluding hydrogens is 250 g/mol. The van der Waals surface area contributed by atoms with Gasteiger partial charge in [-0.15, -0.1) is 0 Å². The van der Waals surface area contributed by atoms with Crippen LogP contribution in [-0.4, -0.2) is 23.0 Å². The molecule has 0 amide bonds. The van der Waals surface area contributed by atoms with Gasteiger partial charge in [0.25, 0.3) is 0 Å². The Morgan fingerprint density at radius 1 is 1.00 bits per heavy atom. The highest BCUT2D eigenvalue weighted by Gasteiger charge is 2.34. The van der Waals surface area contributed by atoms with Crippen molar-refractivity contribution in [3.05, 3.63) is 0 Å². The Kier molecular flexibility index (Phi) is 11.4. The van der Waals surface area contributed by atoms with Crippen LogP contribution in [0.5, 0.6) is 0 Å². The fraction of sp³-hybridized carbons (Fsp3) is 1.00. The number of phosphoric ester groups is 1. The molecule has 0 fully saturated rings. The lowest BCUT2D eigenvalue weighted by Gasteiger charge is -2.15. The molecule has 0 saturated heterocycles. The smallest absolute Gasteiger partial charge is 0.344 e. The molecule has 0 spiro atoms. The first kappa shape index (κ1) is 20.6. The molecule has 0 heterocycles. The number of phosphoric acid groups is 2. The van der Waals surface area contributed by atoms with Gasteiger partial charge in [-0.2, -0.15) is 4.31 Å². The van der Waals surface area contributed by atoms with Crippen molar-refractivity contribution >= 4 is 15.6 Å². The summed E-state index contributed by atoms with van der Waals surface area (Å²) in [5.41, 5.74) is 0. The van der Waals surface area contributed by atoms with Crippen molar-refractivity contribution in [3.8, 4) is 0 Å². The lowest BCUT2D eigenvalue weighted by molar-refractivity contribution is 0.149. The second-order valence-corrected chi connectivity index (χ2v) is 4.90. The highest BCUT2D eigenvalue weighted by Crippen LogP contribution is 2.60. The van der Waals surface area contributed by atoms with Crippen LogP contribution in [0.25, 0.3) is 0 Å². The zero-order valence-electron chi connectivity index (χ0n) is 8.66. The molecule has 15 heavy (non-hydrogen) atoms. The summed E-state index contributed by atoms with van der Waals surface area (Å²) in [6.07, 6.45) is 0. The summed E-state index contributed by atoms with van der Waals surface area (Å²) < 4.78 is 34.4. The monoisotopic (exact) mass is 268 g/mol. The Balaban J connectivity index is -0.000000720. The molecule has 0 saturated carbocycles. The summed E-state index contributed by atoms with van der Waals surface area (Å²) in [7, 11) is -8.96. The van der Waals surface area contributed by atoms with Gasteiger partial charge in [0.05, 0.1) is 13.2 Å². The molecule has 0 aliphatic carbocycles. The molecule has 0 aromatic carbocycles. The molecule has 0 rings (SSSR count). The molecule has 8 N–H and O–H groups in total. The van der Waals surface area contributed by atoms with E-state index in [0.29, 0.717) is 0 Å². The Bertz CT molecular complexity index is 231. The van der Waals surface area contributed by atoms with Crippen LogP contribution >= 0.6 is 15.6 Å². The van der Waals surface area contributed by atoms with E-state index in [0.717, 1.165) is 0 Å². The van der Waals surface area contributed by atoms with E-state index in [4.69, 9.17) is 9.79 Å². The summed E-state index contributed by atoms with van der Waals surface area (Å²) in [5, 5.41) is 0. The van der Waals surface area contributed by atoms with Crippen LogP contribution in [-0.2, 0) is 22.5 Å². The van der Waals surface area contributed by atoms with Crippen molar-refractivity contribution in [2.24, 2.45) is 0 Å². The van der Waals surface area contributed by atoms with Gasteiger partial charge in [-0.1, -0.05) is 0 Å². The topological polar surface area (TPSA) is 172 Å². The quantitative estimate of drug-likeness (QED) is 0.521. The van der Waals surface area contributed by atoms with Gasteiger partial charge in [-0.25, -0.2) is 9.13 Å². The molecular formula is C4H18N2O7P2. The van der Waals surface area contributed by atoms with Crippen LogP contribution in [0, 0.1) is 0 Å². The van der Waals surface area contributed by atoms with Crippen molar-refractivity contribution in [2.75, 3.05) is 13.2 Å². The van der Waals surface area contributed by atoms with Crippen molar-refractivity contribution in [1.29, 1.82) is 0 Å². The summed E-state index contributed by atoms with van der Waals surface area (Å²) in [6.45, 7) is 2.93. The van der Waals surface area contributed by atoms with Crippen molar-refractivity contribution < 1.29 is 32.3 Å². The Morgan fingerprint density at radius 2 is 1.33 bits per heavy atom. The second-order valence-electron chi connectivity index (χ2n) is 1.85. The first-order valence-corrected chi connectivity index (χ1v) is 6.48. The maximum Gasteiger partial charge on any atom is 0.483 e. The number of hydrogen-bond acceptors (Lipinski definition) is 7. The number of rotatable bonds is 6. The van der Waals surface area contributed by atoms with E-state index in [1.54, 1.807) is 0 Å². The summed E-state index contributed by atoms with van der Waals surface area (Å²) >= 11 is 0. The minimum atomic E-state index is -4.86. The largest absolute Gasteiger partial charge is 0.483 e. The summed E-state index contributed by atoms with van der Waals surface area (Å²) in [6, 6.07) is 0. The SMILES string of the molecule is CCOP(=O)(OCC)OP(=O)(O)O.N.N. The molecule has 0 radical (unpaired) electrons. The van der Waals surface area contributed by atoms with Gasteiger partial charge in [0, 0.05) is 0 Å². The molecule has 11 heteroatoms. The minimum absolute atomic E-state index is 0. The van der Waals surface area contributed by atoms with Crippen LogP contribution in [0.4, 0.5) is 0 Å². The van der Waals surface area contributed by atoms with E-state index < -0.39 is 15.6 Å². The molecule has 9 nitrogen and oxygen atoms in total. The molecule has 0 bridgehead atoms. The van der Waals surface area contributed by atoms with Crippen LogP contribution in [0.15, 0.2) is 0 Å². The lowest BCUT2D eigenvalue weighted by Crippen LogP contribution is -1.98. The first-order chi connectivity index (χ1) is 5.83. The van der Waals surface area contributed by atoms with E-state index in [-0.39, 0.29) is 25.5 Å². The van der Waals surface area contributed by atoms with Crippen LogP contribution in [0.2, 0.25) is 0 Å². The van der Waals surface area contributed by atoms with Crippen molar-refractivity contribution in [2.45, 2.75) is 13.8 Å². The zero-order valence-corrected chi connectivity index (χ0v) is 10.4. The molecule has 0 unspecified atom stereocenters. The second kappa shape index (κ2) is 8.35. The third-order valence-electron chi connectivity index (χ3n) is 0.781. The molecule has 0 aromatic heterocycles. The molecule has 0 aliphatic heterocycles. The van der Waals surface area contributed by atoms with Crippen LogP contribution < -0.4 is 12.3 Å². The Labute approximate surface area is 88.1 Å². The van der Waals surface area contributed by atoms with Gasteiger partial charge >= 0.3 is 15.6 Å². The van der Waals surface area contributed by atoms with Crippen molar-refractivity contribution in [3.63, 3.8) is 0 Å². The summed E-state index contributed by atoms with van der Waals surface area (Å²) in [4.78, 5) is 16.7. The van der Waals surface area contributed by atoms with E-state index in [9.17, 15) is 9.13 Å². The van der Waals surface area contributed by atoms with Crippen LogP contribution in [0.1, 0.15) is 13.8 Å². The maximum atomic E-state index is 11.3. The highest BCUT2D eigenvalue weighted by molar-refractivity contribution is 7.61. The maximum absolute atomic E-state index is 11.3. The zero-order chi connectivity index (χ0) is 10.5. The molecule has 0 atom stereocenters. The van der Waals surface area contributed by atoms with Gasteiger partial charge in [0.1, 0.15) is 0 Å². The van der Waals surface area contributed by atoms with E-state index >= 15 is 0 Å². The fourth-order valence-corrected chi connectivity index (χ4v) is 2.66. The first-order valence-electron chi connectivity index (χ1n) is 3.49. The predicted molar refractivity (Wildman–Crippen MR) is 54.0 cm³/mol. The average Bonchev–Trinajstić information content (AvgIpc) is 1.82.